The largest absolute Gasteiger partial charge is 0.451 e. The van der Waals surface area contributed by atoms with Crippen molar-refractivity contribution in [3.8, 4) is 11.3 Å². The highest BCUT2D eigenvalue weighted by atomic mass is 35.5. The van der Waals surface area contributed by atoms with Crippen molar-refractivity contribution in [2.75, 3.05) is 33.8 Å². The Labute approximate surface area is 182 Å². The lowest BCUT2D eigenvalue weighted by atomic mass is 9.77. The molecule has 4 rings (SSSR count). The standard InChI is InChI=1S/C23H29ClN2O4/c1-22(28)15-29-23(14-20(22)25(2)3)10-12-26(13-11-23)21(27)19-9-8-18(30-19)16-4-6-17(24)7-5-16/h4-9,20,28H,10-15H2,1-3H3/t20-,22-/m0/s1. The molecule has 0 saturated carbocycles. The molecule has 0 aliphatic carbocycles. The summed E-state index contributed by atoms with van der Waals surface area (Å²) >= 11 is 5.94. The smallest absolute Gasteiger partial charge is 0.289 e. The zero-order valence-corrected chi connectivity index (χ0v) is 18.5. The molecule has 162 valence electrons. The molecule has 2 saturated heterocycles. The van der Waals surface area contributed by atoms with Crippen molar-refractivity contribution < 1.29 is 19.1 Å². The van der Waals surface area contributed by atoms with E-state index in [9.17, 15) is 9.90 Å². The van der Waals surface area contributed by atoms with E-state index < -0.39 is 5.60 Å². The van der Waals surface area contributed by atoms with Crippen molar-refractivity contribution in [2.45, 2.75) is 43.4 Å². The van der Waals surface area contributed by atoms with E-state index in [4.69, 9.17) is 20.8 Å². The van der Waals surface area contributed by atoms with E-state index in [0.717, 1.165) is 24.8 Å². The molecule has 0 unspecified atom stereocenters. The van der Waals surface area contributed by atoms with Crippen molar-refractivity contribution in [2.24, 2.45) is 0 Å². The Morgan fingerprint density at radius 3 is 2.47 bits per heavy atom. The molecule has 30 heavy (non-hydrogen) atoms. The number of likely N-dealkylation sites (tertiary alicyclic amines) is 1. The van der Waals surface area contributed by atoms with Crippen LogP contribution in [0.4, 0.5) is 0 Å². The summed E-state index contributed by atoms with van der Waals surface area (Å²) < 4.78 is 12.0. The molecule has 2 aromatic rings. The van der Waals surface area contributed by atoms with Crippen LogP contribution in [-0.4, -0.2) is 71.8 Å². The summed E-state index contributed by atoms with van der Waals surface area (Å²) in [6.45, 7) is 3.36. The van der Waals surface area contributed by atoms with Gasteiger partial charge in [-0.1, -0.05) is 11.6 Å². The Balaban J connectivity index is 1.41. The number of nitrogens with zero attached hydrogens (tertiary/aromatic N) is 2. The van der Waals surface area contributed by atoms with Crippen LogP contribution in [-0.2, 0) is 4.74 Å². The minimum atomic E-state index is -0.867. The molecule has 7 heteroatoms. The van der Waals surface area contributed by atoms with Crippen LogP contribution in [0.15, 0.2) is 40.8 Å². The fraction of sp³-hybridized carbons (Fsp3) is 0.522. The number of hydrogen-bond donors (Lipinski definition) is 1. The van der Waals surface area contributed by atoms with E-state index in [-0.39, 0.29) is 17.6 Å². The van der Waals surface area contributed by atoms with Crippen molar-refractivity contribution in [1.82, 2.24) is 9.80 Å². The average molecular weight is 433 g/mol. The summed E-state index contributed by atoms with van der Waals surface area (Å²) in [5, 5.41) is 11.3. The molecule has 0 bridgehead atoms. The Hall–Kier alpha value is -1.86. The van der Waals surface area contributed by atoms with Crippen molar-refractivity contribution in [3.05, 3.63) is 47.2 Å². The van der Waals surface area contributed by atoms with Crippen molar-refractivity contribution in [1.29, 1.82) is 0 Å². The van der Waals surface area contributed by atoms with Crippen LogP contribution >= 0.6 is 11.6 Å². The molecule has 6 nitrogen and oxygen atoms in total. The third-order valence-electron chi connectivity index (χ3n) is 6.48. The summed E-state index contributed by atoms with van der Waals surface area (Å²) in [5.74, 6) is 0.891. The molecule has 1 amide bonds. The molecule has 2 aliphatic rings. The van der Waals surface area contributed by atoms with Gasteiger partial charge in [-0.3, -0.25) is 4.79 Å². The molecular weight excluding hydrogens is 404 g/mol. The molecular formula is C23H29ClN2O4. The molecule has 1 spiro atoms. The van der Waals surface area contributed by atoms with Gasteiger partial charge >= 0.3 is 0 Å². The van der Waals surface area contributed by atoms with Gasteiger partial charge < -0.3 is 24.1 Å². The monoisotopic (exact) mass is 432 g/mol. The molecule has 1 aromatic carbocycles. The number of piperidine rings is 1. The first-order valence-corrected chi connectivity index (χ1v) is 10.7. The van der Waals surface area contributed by atoms with Gasteiger partial charge in [0.15, 0.2) is 5.76 Å². The molecule has 1 aromatic heterocycles. The lowest BCUT2D eigenvalue weighted by Crippen LogP contribution is -2.62. The van der Waals surface area contributed by atoms with E-state index in [0.29, 0.717) is 36.2 Å². The summed E-state index contributed by atoms with van der Waals surface area (Å²) in [6, 6.07) is 10.9. The van der Waals surface area contributed by atoms with E-state index in [1.807, 2.05) is 44.1 Å². The van der Waals surface area contributed by atoms with Gasteiger partial charge in [-0.05, 0) is 76.7 Å². The highest BCUT2D eigenvalue weighted by Crippen LogP contribution is 2.40. The number of benzene rings is 1. The van der Waals surface area contributed by atoms with Gasteiger partial charge in [0, 0.05) is 29.7 Å². The summed E-state index contributed by atoms with van der Waals surface area (Å²) in [6.07, 6.45) is 2.27. The van der Waals surface area contributed by atoms with E-state index >= 15 is 0 Å². The average Bonchev–Trinajstić information content (AvgIpc) is 3.21. The van der Waals surface area contributed by atoms with Crippen LogP contribution in [0, 0.1) is 0 Å². The van der Waals surface area contributed by atoms with Crippen LogP contribution in [0.25, 0.3) is 11.3 Å². The first kappa shape index (κ1) is 21.4. The number of carbonyl (C=O) groups is 1. The van der Waals surface area contributed by atoms with Crippen LogP contribution < -0.4 is 0 Å². The summed E-state index contributed by atoms with van der Waals surface area (Å²) in [4.78, 5) is 16.9. The minimum absolute atomic E-state index is 0.0282. The summed E-state index contributed by atoms with van der Waals surface area (Å²) in [7, 11) is 3.98. The number of rotatable bonds is 3. The Kier molecular flexibility index (Phi) is 5.70. The molecule has 3 heterocycles. The highest BCUT2D eigenvalue weighted by molar-refractivity contribution is 6.30. The number of carbonyl (C=O) groups excluding carboxylic acids is 1. The van der Waals surface area contributed by atoms with Crippen LogP contribution in [0.5, 0.6) is 0 Å². The molecule has 1 N–H and O–H groups in total. The highest BCUT2D eigenvalue weighted by Gasteiger charge is 2.49. The fourth-order valence-corrected chi connectivity index (χ4v) is 4.74. The third kappa shape index (κ3) is 4.14. The second kappa shape index (κ2) is 8.00. The molecule has 2 fully saturated rings. The van der Waals surface area contributed by atoms with Gasteiger partial charge in [-0.2, -0.15) is 0 Å². The van der Waals surface area contributed by atoms with Gasteiger partial charge in [0.05, 0.1) is 12.2 Å². The second-order valence-corrected chi connectivity index (χ2v) is 9.41. The Morgan fingerprint density at radius 2 is 1.83 bits per heavy atom. The zero-order chi connectivity index (χ0) is 21.5. The van der Waals surface area contributed by atoms with Crippen molar-refractivity contribution in [3.63, 3.8) is 0 Å². The van der Waals surface area contributed by atoms with Crippen LogP contribution in [0.1, 0.15) is 36.7 Å². The SMILES string of the molecule is CN(C)[C@H]1CC2(CCN(C(=O)c3ccc(-c4ccc(Cl)cc4)o3)CC2)OC[C@]1(C)O. The normalized spacial score (nSPS) is 26.3. The number of aliphatic hydroxyl groups is 1. The van der Waals surface area contributed by atoms with Gasteiger partial charge in [-0.25, -0.2) is 0 Å². The van der Waals surface area contributed by atoms with Gasteiger partial charge in [0.1, 0.15) is 11.4 Å². The molecule has 2 aliphatic heterocycles. The predicted molar refractivity (Wildman–Crippen MR) is 116 cm³/mol. The molecule has 2 atom stereocenters. The van der Waals surface area contributed by atoms with Crippen LogP contribution in [0.3, 0.4) is 0 Å². The van der Waals surface area contributed by atoms with Gasteiger partial charge in [0.2, 0.25) is 0 Å². The Bertz CT molecular complexity index is 898. The maximum atomic E-state index is 13.0. The summed E-state index contributed by atoms with van der Waals surface area (Å²) in [5.41, 5.74) is -0.270. The molecule has 0 radical (unpaired) electrons. The van der Waals surface area contributed by atoms with E-state index in [1.165, 1.54) is 0 Å². The van der Waals surface area contributed by atoms with Crippen LogP contribution in [0.2, 0.25) is 5.02 Å². The minimum Gasteiger partial charge on any atom is -0.451 e. The fourth-order valence-electron chi connectivity index (χ4n) is 4.61. The lowest BCUT2D eigenvalue weighted by molar-refractivity contribution is -0.205. The Morgan fingerprint density at radius 1 is 1.17 bits per heavy atom. The second-order valence-electron chi connectivity index (χ2n) is 8.98. The number of halogens is 1. The lowest BCUT2D eigenvalue weighted by Gasteiger charge is -2.52. The number of amides is 1. The maximum absolute atomic E-state index is 13.0. The van der Waals surface area contributed by atoms with E-state index in [1.54, 1.807) is 18.2 Å². The maximum Gasteiger partial charge on any atom is 0.289 e. The first-order valence-electron chi connectivity index (χ1n) is 10.4. The zero-order valence-electron chi connectivity index (χ0n) is 17.7. The number of hydrogen-bond acceptors (Lipinski definition) is 5. The first-order chi connectivity index (χ1) is 14.2. The quantitative estimate of drug-likeness (QED) is 0.801. The van der Waals surface area contributed by atoms with Gasteiger partial charge in [-0.15, -0.1) is 0 Å². The van der Waals surface area contributed by atoms with E-state index in [2.05, 4.69) is 4.90 Å². The number of ether oxygens (including phenoxy) is 1. The topological polar surface area (TPSA) is 66.2 Å². The third-order valence-corrected chi connectivity index (χ3v) is 6.74. The van der Waals surface area contributed by atoms with Gasteiger partial charge in [0.25, 0.3) is 5.91 Å². The van der Waals surface area contributed by atoms with Crippen molar-refractivity contribution >= 4 is 17.5 Å². The predicted octanol–water partition coefficient (Wildman–Crippen LogP) is 3.68. The number of likely N-dealkylation sites (N-methyl/N-ethyl adjacent to an activating group) is 1. The number of furan rings is 1.